The highest BCUT2D eigenvalue weighted by atomic mass is 32.2. The second-order valence-electron chi connectivity index (χ2n) is 6.92. The molecule has 1 aromatic heterocycles. The maximum Gasteiger partial charge on any atom is 0.264 e. The Morgan fingerprint density at radius 1 is 0.906 bits per heavy atom. The van der Waals surface area contributed by atoms with E-state index in [0.717, 1.165) is 16.7 Å². The molecular formula is C24H18N4O3S. The summed E-state index contributed by atoms with van der Waals surface area (Å²) in [4.78, 5) is 7.81. The second kappa shape index (κ2) is 8.88. The van der Waals surface area contributed by atoms with Crippen molar-refractivity contribution in [2.45, 2.75) is 11.8 Å². The monoisotopic (exact) mass is 442 g/mol. The summed E-state index contributed by atoms with van der Waals surface area (Å²) in [5.74, 6) is 0.754. The number of ether oxygens (including phenoxy) is 1. The van der Waals surface area contributed by atoms with Crippen molar-refractivity contribution in [3.05, 3.63) is 96.3 Å². The van der Waals surface area contributed by atoms with Crippen LogP contribution >= 0.6 is 0 Å². The van der Waals surface area contributed by atoms with Crippen molar-refractivity contribution in [2.24, 2.45) is 0 Å². The fourth-order valence-electron chi connectivity index (χ4n) is 3.01. The van der Waals surface area contributed by atoms with Gasteiger partial charge >= 0.3 is 0 Å². The van der Waals surface area contributed by atoms with E-state index in [1.807, 2.05) is 54.6 Å². The number of nitriles is 1. The van der Waals surface area contributed by atoms with Crippen molar-refractivity contribution >= 4 is 16.0 Å². The van der Waals surface area contributed by atoms with Crippen LogP contribution in [0.1, 0.15) is 11.1 Å². The number of aromatic nitrogens is 2. The third-order valence-corrected chi connectivity index (χ3v) is 5.91. The minimum atomic E-state index is -3.98. The Morgan fingerprint density at radius 2 is 1.59 bits per heavy atom. The lowest BCUT2D eigenvalue weighted by Crippen LogP contribution is -2.15. The smallest absolute Gasteiger partial charge is 0.264 e. The molecule has 0 aliphatic rings. The zero-order chi connectivity index (χ0) is 22.6. The van der Waals surface area contributed by atoms with Crippen LogP contribution in [-0.2, 0) is 10.0 Å². The Morgan fingerprint density at radius 3 is 2.31 bits per heavy atom. The molecule has 3 aromatic carbocycles. The number of hydrogen-bond donors (Lipinski definition) is 1. The highest BCUT2D eigenvalue weighted by Crippen LogP contribution is 2.35. The number of para-hydroxylation sites is 1. The van der Waals surface area contributed by atoms with Gasteiger partial charge in [-0.2, -0.15) is 5.26 Å². The molecule has 1 heterocycles. The Kier molecular flexibility index (Phi) is 5.83. The Hall–Kier alpha value is -4.22. The standard InChI is InChI=1S/C24H18N4O3S/c1-17-15-26-24(27-16-17)28-32(29,30)20-11-12-22(19(13-20)14-25)31-23-10-6-5-9-21(23)18-7-3-2-4-8-18/h2-13,15-16H,1H3,(H,26,27,28). The number of rotatable bonds is 6. The topological polar surface area (TPSA) is 105 Å². The van der Waals surface area contributed by atoms with E-state index in [2.05, 4.69) is 14.7 Å². The molecule has 0 fully saturated rings. The van der Waals surface area contributed by atoms with Crippen LogP contribution in [0.15, 0.2) is 90.1 Å². The van der Waals surface area contributed by atoms with Gasteiger partial charge in [0.15, 0.2) is 0 Å². The normalized spacial score (nSPS) is 10.9. The third kappa shape index (κ3) is 4.58. The zero-order valence-corrected chi connectivity index (χ0v) is 17.9. The molecular weight excluding hydrogens is 424 g/mol. The quantitative estimate of drug-likeness (QED) is 0.455. The average Bonchev–Trinajstić information content (AvgIpc) is 2.81. The van der Waals surface area contributed by atoms with Crippen LogP contribution < -0.4 is 9.46 Å². The van der Waals surface area contributed by atoms with Crippen LogP contribution in [0.2, 0.25) is 0 Å². The van der Waals surface area contributed by atoms with Crippen LogP contribution in [0.5, 0.6) is 11.5 Å². The van der Waals surface area contributed by atoms with Crippen molar-refractivity contribution in [2.75, 3.05) is 4.72 Å². The Balaban J connectivity index is 1.64. The molecule has 0 bridgehead atoms. The number of benzene rings is 3. The van der Waals surface area contributed by atoms with Crippen molar-refractivity contribution < 1.29 is 13.2 Å². The Labute approximate surface area is 186 Å². The van der Waals surface area contributed by atoms with Crippen LogP contribution in [-0.4, -0.2) is 18.4 Å². The molecule has 0 aliphatic carbocycles. The lowest BCUT2D eigenvalue weighted by Gasteiger charge is -2.13. The highest BCUT2D eigenvalue weighted by molar-refractivity contribution is 7.92. The first kappa shape index (κ1) is 21.0. The molecule has 8 heteroatoms. The number of hydrogen-bond acceptors (Lipinski definition) is 6. The van der Waals surface area contributed by atoms with Crippen LogP contribution in [0.3, 0.4) is 0 Å². The molecule has 0 saturated carbocycles. The van der Waals surface area contributed by atoms with Gasteiger partial charge in [-0.15, -0.1) is 0 Å². The summed E-state index contributed by atoms with van der Waals surface area (Å²) in [5.41, 5.74) is 2.70. The summed E-state index contributed by atoms with van der Waals surface area (Å²) >= 11 is 0. The van der Waals surface area contributed by atoms with Gasteiger partial charge in [0.2, 0.25) is 5.95 Å². The van der Waals surface area contributed by atoms with Gasteiger partial charge in [0, 0.05) is 18.0 Å². The predicted molar refractivity (Wildman–Crippen MR) is 121 cm³/mol. The van der Waals surface area contributed by atoms with Gasteiger partial charge < -0.3 is 4.74 Å². The fraction of sp³-hybridized carbons (Fsp3) is 0.0417. The van der Waals surface area contributed by atoms with E-state index in [0.29, 0.717) is 5.75 Å². The summed E-state index contributed by atoms with van der Waals surface area (Å²) in [5, 5.41) is 9.62. The highest BCUT2D eigenvalue weighted by Gasteiger charge is 2.19. The minimum Gasteiger partial charge on any atom is -0.455 e. The fourth-order valence-corrected chi connectivity index (χ4v) is 3.99. The van der Waals surface area contributed by atoms with Crippen molar-refractivity contribution in [3.63, 3.8) is 0 Å². The Bertz CT molecular complexity index is 1400. The predicted octanol–water partition coefficient (Wildman–Crippen LogP) is 4.92. The number of anilines is 1. The van der Waals surface area contributed by atoms with E-state index in [4.69, 9.17) is 4.74 Å². The largest absolute Gasteiger partial charge is 0.455 e. The van der Waals surface area contributed by atoms with Crippen molar-refractivity contribution in [1.82, 2.24) is 9.97 Å². The van der Waals surface area contributed by atoms with Crippen LogP contribution in [0.4, 0.5) is 5.95 Å². The van der Waals surface area contributed by atoms with Gasteiger partial charge in [0.05, 0.1) is 10.5 Å². The van der Waals surface area contributed by atoms with Gasteiger partial charge in [-0.05, 0) is 42.3 Å². The number of aryl methyl sites for hydroxylation is 1. The minimum absolute atomic E-state index is 0.0498. The molecule has 1 N–H and O–H groups in total. The molecule has 0 amide bonds. The molecule has 0 saturated heterocycles. The third-order valence-electron chi connectivity index (χ3n) is 4.58. The molecule has 4 rings (SSSR count). The van der Waals surface area contributed by atoms with Gasteiger partial charge in [-0.25, -0.2) is 23.1 Å². The molecule has 0 aliphatic heterocycles. The molecule has 0 radical (unpaired) electrons. The number of nitrogens with one attached hydrogen (secondary N) is 1. The summed E-state index contributed by atoms with van der Waals surface area (Å²) in [6.45, 7) is 1.80. The van der Waals surface area contributed by atoms with E-state index >= 15 is 0 Å². The van der Waals surface area contributed by atoms with Crippen molar-refractivity contribution in [1.29, 1.82) is 5.26 Å². The molecule has 158 valence electrons. The summed E-state index contributed by atoms with van der Waals surface area (Å²) < 4.78 is 33.8. The van der Waals surface area contributed by atoms with E-state index in [9.17, 15) is 13.7 Å². The average molecular weight is 443 g/mol. The molecule has 0 spiro atoms. The summed E-state index contributed by atoms with van der Waals surface area (Å²) in [7, 11) is -3.98. The van der Waals surface area contributed by atoms with Crippen molar-refractivity contribution in [3.8, 4) is 28.7 Å². The molecule has 0 unspecified atom stereocenters. The number of nitrogens with zero attached hydrogens (tertiary/aromatic N) is 3. The first-order valence-corrected chi connectivity index (χ1v) is 11.1. The molecule has 7 nitrogen and oxygen atoms in total. The molecule has 32 heavy (non-hydrogen) atoms. The van der Waals surface area contributed by atoms with Crippen LogP contribution in [0, 0.1) is 18.3 Å². The van der Waals surface area contributed by atoms with E-state index < -0.39 is 10.0 Å². The lowest BCUT2D eigenvalue weighted by molar-refractivity contribution is 0.482. The van der Waals surface area contributed by atoms with Gasteiger partial charge in [-0.3, -0.25) is 0 Å². The van der Waals surface area contributed by atoms with Crippen LogP contribution in [0.25, 0.3) is 11.1 Å². The maximum absolute atomic E-state index is 12.7. The first-order chi connectivity index (χ1) is 15.5. The molecule has 0 atom stereocenters. The van der Waals surface area contributed by atoms with E-state index in [1.165, 1.54) is 30.6 Å². The maximum atomic E-state index is 12.7. The van der Waals surface area contributed by atoms with E-state index in [-0.39, 0.29) is 22.2 Å². The summed E-state index contributed by atoms with van der Waals surface area (Å²) in [6, 6.07) is 23.3. The zero-order valence-electron chi connectivity index (χ0n) is 17.1. The SMILES string of the molecule is Cc1cnc(NS(=O)(=O)c2ccc(Oc3ccccc3-c3ccccc3)c(C#N)c2)nc1. The lowest BCUT2D eigenvalue weighted by atomic mass is 10.0. The van der Waals surface area contributed by atoms with E-state index in [1.54, 1.807) is 13.0 Å². The second-order valence-corrected chi connectivity index (χ2v) is 8.61. The van der Waals surface area contributed by atoms with Gasteiger partial charge in [0.1, 0.15) is 17.6 Å². The van der Waals surface area contributed by atoms with Gasteiger partial charge in [0.25, 0.3) is 10.0 Å². The van der Waals surface area contributed by atoms with Gasteiger partial charge in [-0.1, -0.05) is 48.5 Å². The summed E-state index contributed by atoms with van der Waals surface area (Å²) in [6.07, 6.45) is 3.01. The molecule has 4 aromatic rings. The number of sulfonamides is 1. The first-order valence-electron chi connectivity index (χ1n) is 9.64.